The molecule has 122 valence electrons. The minimum absolute atomic E-state index is 0.00884. The predicted octanol–water partition coefficient (Wildman–Crippen LogP) is 1.91. The molecule has 0 aliphatic carbocycles. The smallest absolute Gasteiger partial charge is 0.262 e. The van der Waals surface area contributed by atoms with E-state index in [0.717, 1.165) is 19.4 Å². The van der Waals surface area contributed by atoms with E-state index in [0.29, 0.717) is 23.6 Å². The quantitative estimate of drug-likeness (QED) is 0.640. The number of para-hydroxylation sites is 1. The normalized spacial score (nSPS) is 17.4. The summed E-state index contributed by atoms with van der Waals surface area (Å²) in [4.78, 5) is 12.2. The lowest BCUT2D eigenvalue weighted by atomic mass is 10.1. The van der Waals surface area contributed by atoms with Crippen molar-refractivity contribution in [2.75, 3.05) is 27.4 Å². The van der Waals surface area contributed by atoms with E-state index < -0.39 is 5.91 Å². The van der Waals surface area contributed by atoms with Gasteiger partial charge in [-0.15, -0.1) is 0 Å². The summed E-state index contributed by atoms with van der Waals surface area (Å²) in [6, 6.07) is 7.20. The van der Waals surface area contributed by atoms with Gasteiger partial charge in [0.1, 0.15) is 11.6 Å². The number of hydrogen-bond acceptors (Lipinski definition) is 5. The molecule has 1 N–H and O–H groups in total. The molecule has 0 unspecified atom stereocenters. The van der Waals surface area contributed by atoms with Crippen LogP contribution in [0.15, 0.2) is 23.8 Å². The van der Waals surface area contributed by atoms with Gasteiger partial charge in [0.05, 0.1) is 20.3 Å². The fourth-order valence-corrected chi connectivity index (χ4v) is 2.44. The van der Waals surface area contributed by atoms with Crippen LogP contribution in [0.3, 0.4) is 0 Å². The van der Waals surface area contributed by atoms with E-state index in [1.165, 1.54) is 20.3 Å². The molecular weight excluding hydrogens is 296 g/mol. The Morgan fingerprint density at radius 2 is 2.30 bits per heavy atom. The topological polar surface area (TPSA) is 80.6 Å². The number of nitrogens with one attached hydrogen (secondary N) is 1. The van der Waals surface area contributed by atoms with Gasteiger partial charge in [0.15, 0.2) is 11.5 Å². The minimum atomic E-state index is -0.423. The molecule has 1 fully saturated rings. The van der Waals surface area contributed by atoms with Crippen LogP contribution in [-0.4, -0.2) is 39.4 Å². The maximum absolute atomic E-state index is 12.2. The van der Waals surface area contributed by atoms with Crippen LogP contribution in [0.1, 0.15) is 18.4 Å². The summed E-state index contributed by atoms with van der Waals surface area (Å²) in [5.41, 5.74) is 0.616. The zero-order chi connectivity index (χ0) is 16.7. The van der Waals surface area contributed by atoms with Crippen molar-refractivity contribution in [1.29, 1.82) is 5.26 Å². The first-order valence-corrected chi connectivity index (χ1v) is 7.42. The summed E-state index contributed by atoms with van der Waals surface area (Å²) in [5.74, 6) is 0.598. The SMILES string of the molecule is COc1cccc(/C=C(\C#N)C(=O)NC[C@H]2CCCO2)c1OC. The third-order valence-electron chi connectivity index (χ3n) is 3.61. The van der Waals surface area contributed by atoms with Crippen LogP contribution in [0.2, 0.25) is 0 Å². The van der Waals surface area contributed by atoms with Crippen molar-refractivity contribution in [3.63, 3.8) is 0 Å². The number of methoxy groups -OCH3 is 2. The maximum atomic E-state index is 12.2. The molecule has 1 aliphatic heterocycles. The molecule has 1 amide bonds. The summed E-state index contributed by atoms with van der Waals surface area (Å²) in [7, 11) is 3.05. The number of amides is 1. The van der Waals surface area contributed by atoms with Crippen LogP contribution in [0.4, 0.5) is 0 Å². The average molecular weight is 316 g/mol. The van der Waals surface area contributed by atoms with Crippen molar-refractivity contribution in [2.45, 2.75) is 18.9 Å². The van der Waals surface area contributed by atoms with E-state index in [1.54, 1.807) is 18.2 Å². The Hall–Kier alpha value is -2.52. The predicted molar refractivity (Wildman–Crippen MR) is 85.1 cm³/mol. The molecular formula is C17H20N2O4. The minimum Gasteiger partial charge on any atom is -0.493 e. The van der Waals surface area contributed by atoms with Crippen molar-refractivity contribution in [3.05, 3.63) is 29.3 Å². The molecule has 0 saturated carbocycles. The Morgan fingerprint density at radius 3 is 2.91 bits per heavy atom. The molecule has 0 spiro atoms. The zero-order valence-corrected chi connectivity index (χ0v) is 13.3. The number of ether oxygens (including phenoxy) is 3. The Labute approximate surface area is 135 Å². The highest BCUT2D eigenvalue weighted by molar-refractivity contribution is 6.02. The van der Waals surface area contributed by atoms with Gasteiger partial charge in [-0.3, -0.25) is 4.79 Å². The van der Waals surface area contributed by atoms with Gasteiger partial charge in [0.2, 0.25) is 0 Å². The highest BCUT2D eigenvalue weighted by atomic mass is 16.5. The van der Waals surface area contributed by atoms with Gasteiger partial charge >= 0.3 is 0 Å². The first-order valence-electron chi connectivity index (χ1n) is 7.42. The van der Waals surface area contributed by atoms with Gasteiger partial charge in [0, 0.05) is 18.7 Å². The molecule has 1 atom stereocenters. The van der Waals surface area contributed by atoms with E-state index in [9.17, 15) is 10.1 Å². The van der Waals surface area contributed by atoms with Crippen molar-refractivity contribution < 1.29 is 19.0 Å². The molecule has 2 rings (SSSR count). The highest BCUT2D eigenvalue weighted by Gasteiger charge is 2.18. The van der Waals surface area contributed by atoms with Crippen molar-refractivity contribution in [2.24, 2.45) is 0 Å². The first-order chi connectivity index (χ1) is 11.2. The first kappa shape index (κ1) is 16.8. The number of nitrogens with zero attached hydrogens (tertiary/aromatic N) is 1. The lowest BCUT2D eigenvalue weighted by molar-refractivity contribution is -0.117. The van der Waals surface area contributed by atoms with Crippen molar-refractivity contribution in [1.82, 2.24) is 5.32 Å². The van der Waals surface area contributed by atoms with E-state index in [2.05, 4.69) is 5.32 Å². The van der Waals surface area contributed by atoms with Crippen molar-refractivity contribution >= 4 is 12.0 Å². The van der Waals surface area contributed by atoms with Crippen LogP contribution in [0, 0.1) is 11.3 Å². The lowest BCUT2D eigenvalue weighted by Crippen LogP contribution is -2.32. The Bertz CT molecular complexity index is 628. The number of nitriles is 1. The van der Waals surface area contributed by atoms with Gasteiger partial charge in [-0.05, 0) is 25.0 Å². The molecule has 1 aromatic carbocycles. The van der Waals surface area contributed by atoms with Crippen LogP contribution in [-0.2, 0) is 9.53 Å². The molecule has 6 heteroatoms. The summed E-state index contributed by atoms with van der Waals surface area (Å²) in [6.07, 6.45) is 3.45. The van der Waals surface area contributed by atoms with E-state index in [-0.39, 0.29) is 11.7 Å². The van der Waals surface area contributed by atoms with E-state index in [4.69, 9.17) is 14.2 Å². The number of rotatable bonds is 6. The monoisotopic (exact) mass is 316 g/mol. The standard InChI is InChI=1S/C17H20N2O4/c1-21-15-7-3-5-12(16(15)22-2)9-13(10-18)17(20)19-11-14-6-4-8-23-14/h3,5,7,9,14H,4,6,8,11H2,1-2H3,(H,19,20)/b13-9+/t14-/m1/s1. The maximum Gasteiger partial charge on any atom is 0.262 e. The molecule has 1 heterocycles. The van der Waals surface area contributed by atoms with Gasteiger partial charge in [-0.25, -0.2) is 0 Å². The fraction of sp³-hybridized carbons (Fsp3) is 0.412. The largest absolute Gasteiger partial charge is 0.493 e. The van der Waals surface area contributed by atoms with Crippen LogP contribution < -0.4 is 14.8 Å². The molecule has 0 aromatic heterocycles. The van der Waals surface area contributed by atoms with E-state index >= 15 is 0 Å². The van der Waals surface area contributed by atoms with E-state index in [1.807, 2.05) is 6.07 Å². The second kappa shape index (κ2) is 8.20. The second-order valence-corrected chi connectivity index (χ2v) is 5.10. The number of carbonyl (C=O) groups excluding carboxylic acids is 1. The number of carbonyl (C=O) groups is 1. The molecule has 6 nitrogen and oxygen atoms in total. The third-order valence-corrected chi connectivity index (χ3v) is 3.61. The number of hydrogen-bond donors (Lipinski definition) is 1. The van der Waals surface area contributed by atoms with Gasteiger partial charge in [-0.1, -0.05) is 12.1 Å². The Balaban J connectivity index is 2.14. The zero-order valence-electron chi connectivity index (χ0n) is 13.3. The lowest BCUT2D eigenvalue weighted by Gasteiger charge is -2.12. The molecule has 0 radical (unpaired) electrons. The second-order valence-electron chi connectivity index (χ2n) is 5.10. The van der Waals surface area contributed by atoms with Crippen LogP contribution in [0.5, 0.6) is 11.5 Å². The average Bonchev–Trinajstić information content (AvgIpc) is 3.10. The number of benzene rings is 1. The molecule has 0 bridgehead atoms. The molecule has 1 saturated heterocycles. The van der Waals surface area contributed by atoms with Gasteiger partial charge in [-0.2, -0.15) is 5.26 Å². The summed E-state index contributed by atoms with van der Waals surface area (Å²) in [5, 5.41) is 12.0. The molecule has 23 heavy (non-hydrogen) atoms. The molecule has 1 aromatic rings. The summed E-state index contributed by atoms with van der Waals surface area (Å²) >= 11 is 0. The molecule has 1 aliphatic rings. The van der Waals surface area contributed by atoms with Crippen LogP contribution in [0.25, 0.3) is 6.08 Å². The highest BCUT2D eigenvalue weighted by Crippen LogP contribution is 2.32. The summed E-state index contributed by atoms with van der Waals surface area (Å²) in [6.45, 7) is 1.13. The Morgan fingerprint density at radius 1 is 1.48 bits per heavy atom. The van der Waals surface area contributed by atoms with Crippen LogP contribution >= 0.6 is 0 Å². The van der Waals surface area contributed by atoms with Crippen molar-refractivity contribution in [3.8, 4) is 17.6 Å². The summed E-state index contributed by atoms with van der Waals surface area (Å²) < 4.78 is 16.0. The van der Waals surface area contributed by atoms with Gasteiger partial charge in [0.25, 0.3) is 5.91 Å². The Kier molecular flexibility index (Phi) is 6.01. The van der Waals surface area contributed by atoms with Gasteiger partial charge < -0.3 is 19.5 Å². The fourth-order valence-electron chi connectivity index (χ4n) is 2.44. The third kappa shape index (κ3) is 4.24.